The SMILES string of the molecule is CC[C@H](O)c1ccc(Oc2cccc(C(C)(C)C)c2)cc1. The third-order valence-electron chi connectivity index (χ3n) is 3.59. The highest BCUT2D eigenvalue weighted by atomic mass is 16.5. The molecule has 2 heteroatoms. The van der Waals surface area contributed by atoms with Gasteiger partial charge in [0.2, 0.25) is 0 Å². The van der Waals surface area contributed by atoms with E-state index in [1.807, 2.05) is 43.3 Å². The second-order valence-corrected chi connectivity index (χ2v) is 6.37. The van der Waals surface area contributed by atoms with Crippen LogP contribution in [0.1, 0.15) is 51.3 Å². The van der Waals surface area contributed by atoms with Gasteiger partial charge in [-0.1, -0.05) is 52.0 Å². The second-order valence-electron chi connectivity index (χ2n) is 6.37. The first-order chi connectivity index (χ1) is 9.90. The van der Waals surface area contributed by atoms with Gasteiger partial charge < -0.3 is 9.84 Å². The van der Waals surface area contributed by atoms with Gasteiger partial charge in [0.15, 0.2) is 0 Å². The predicted molar refractivity (Wildman–Crippen MR) is 86.9 cm³/mol. The minimum absolute atomic E-state index is 0.106. The number of ether oxygens (including phenoxy) is 1. The van der Waals surface area contributed by atoms with Gasteiger partial charge >= 0.3 is 0 Å². The standard InChI is InChI=1S/C19H24O2/c1-5-18(20)14-9-11-16(12-10-14)21-17-8-6-7-15(13-17)19(2,3)4/h6-13,18,20H,5H2,1-4H3/t18-/m0/s1. The van der Waals surface area contributed by atoms with Gasteiger partial charge in [-0.2, -0.15) is 0 Å². The Kier molecular flexibility index (Phi) is 4.69. The van der Waals surface area contributed by atoms with Crippen LogP contribution in [0.25, 0.3) is 0 Å². The summed E-state index contributed by atoms with van der Waals surface area (Å²) >= 11 is 0. The topological polar surface area (TPSA) is 29.5 Å². The van der Waals surface area contributed by atoms with Gasteiger partial charge in [-0.25, -0.2) is 0 Å². The average molecular weight is 284 g/mol. The molecule has 0 aliphatic rings. The van der Waals surface area contributed by atoms with Crippen LogP contribution in [0, 0.1) is 0 Å². The van der Waals surface area contributed by atoms with Crippen LogP contribution in [0.2, 0.25) is 0 Å². The molecule has 2 aromatic rings. The number of aliphatic hydroxyl groups is 1. The zero-order valence-corrected chi connectivity index (χ0v) is 13.3. The summed E-state index contributed by atoms with van der Waals surface area (Å²) in [5.74, 6) is 1.62. The van der Waals surface area contributed by atoms with Crippen molar-refractivity contribution in [1.82, 2.24) is 0 Å². The van der Waals surface area contributed by atoms with Crippen molar-refractivity contribution in [2.24, 2.45) is 0 Å². The first kappa shape index (κ1) is 15.6. The largest absolute Gasteiger partial charge is 0.457 e. The van der Waals surface area contributed by atoms with Crippen molar-refractivity contribution < 1.29 is 9.84 Å². The summed E-state index contributed by atoms with van der Waals surface area (Å²) in [6, 6.07) is 15.8. The normalized spacial score (nSPS) is 13.0. The third-order valence-corrected chi connectivity index (χ3v) is 3.59. The molecule has 0 aliphatic carbocycles. The van der Waals surface area contributed by atoms with Gasteiger partial charge in [-0.15, -0.1) is 0 Å². The fourth-order valence-corrected chi connectivity index (χ4v) is 2.16. The van der Waals surface area contributed by atoms with E-state index < -0.39 is 6.10 Å². The van der Waals surface area contributed by atoms with E-state index in [0.29, 0.717) is 6.42 Å². The van der Waals surface area contributed by atoms with Crippen LogP contribution >= 0.6 is 0 Å². The molecule has 21 heavy (non-hydrogen) atoms. The number of rotatable bonds is 4. The van der Waals surface area contributed by atoms with Crippen molar-refractivity contribution in [1.29, 1.82) is 0 Å². The van der Waals surface area contributed by atoms with E-state index in [0.717, 1.165) is 17.1 Å². The van der Waals surface area contributed by atoms with Gasteiger partial charge in [-0.3, -0.25) is 0 Å². The van der Waals surface area contributed by atoms with Crippen LogP contribution in [0.15, 0.2) is 48.5 Å². The molecule has 0 amide bonds. The van der Waals surface area contributed by atoms with E-state index in [9.17, 15) is 5.11 Å². The Hall–Kier alpha value is -1.80. The molecule has 0 spiro atoms. The van der Waals surface area contributed by atoms with Crippen molar-refractivity contribution in [2.75, 3.05) is 0 Å². The molecular formula is C19H24O2. The molecule has 0 bridgehead atoms. The Morgan fingerprint density at radius 2 is 1.67 bits per heavy atom. The Morgan fingerprint density at radius 3 is 2.24 bits per heavy atom. The van der Waals surface area contributed by atoms with E-state index >= 15 is 0 Å². The lowest BCUT2D eigenvalue weighted by molar-refractivity contribution is 0.173. The maximum absolute atomic E-state index is 9.79. The fraction of sp³-hybridized carbons (Fsp3) is 0.368. The summed E-state index contributed by atoms with van der Waals surface area (Å²) < 4.78 is 5.90. The van der Waals surface area contributed by atoms with Crippen LogP contribution in [-0.2, 0) is 5.41 Å². The minimum atomic E-state index is -0.400. The zero-order chi connectivity index (χ0) is 15.5. The highest BCUT2D eigenvalue weighted by molar-refractivity contribution is 5.37. The van der Waals surface area contributed by atoms with Gasteiger partial charge in [0.25, 0.3) is 0 Å². The molecule has 0 unspecified atom stereocenters. The van der Waals surface area contributed by atoms with Crippen molar-refractivity contribution >= 4 is 0 Å². The summed E-state index contributed by atoms with van der Waals surface area (Å²) in [5, 5.41) is 9.79. The highest BCUT2D eigenvalue weighted by Gasteiger charge is 2.14. The smallest absolute Gasteiger partial charge is 0.127 e. The molecule has 0 saturated heterocycles. The maximum Gasteiger partial charge on any atom is 0.127 e. The number of hydrogen-bond acceptors (Lipinski definition) is 2. The van der Waals surface area contributed by atoms with Gasteiger partial charge in [0, 0.05) is 0 Å². The Bertz CT molecular complexity index is 579. The minimum Gasteiger partial charge on any atom is -0.457 e. The van der Waals surface area contributed by atoms with Crippen molar-refractivity contribution in [3.05, 3.63) is 59.7 Å². The molecule has 2 nitrogen and oxygen atoms in total. The molecule has 2 rings (SSSR count). The quantitative estimate of drug-likeness (QED) is 0.834. The molecule has 112 valence electrons. The van der Waals surface area contributed by atoms with Crippen LogP contribution in [0.3, 0.4) is 0 Å². The summed E-state index contributed by atoms with van der Waals surface area (Å²) in [6.07, 6.45) is 0.316. The molecule has 1 N–H and O–H groups in total. The van der Waals surface area contributed by atoms with Crippen LogP contribution < -0.4 is 4.74 Å². The lowest BCUT2D eigenvalue weighted by Gasteiger charge is -2.19. The monoisotopic (exact) mass is 284 g/mol. The number of benzene rings is 2. The summed E-state index contributed by atoms with van der Waals surface area (Å²) in [5.41, 5.74) is 2.28. The molecule has 0 aliphatic heterocycles. The van der Waals surface area contributed by atoms with Crippen molar-refractivity contribution in [3.63, 3.8) is 0 Å². The van der Waals surface area contributed by atoms with E-state index in [4.69, 9.17) is 4.74 Å². The summed E-state index contributed by atoms with van der Waals surface area (Å²) in [6.45, 7) is 8.53. The second kappa shape index (κ2) is 6.31. The highest BCUT2D eigenvalue weighted by Crippen LogP contribution is 2.29. The molecule has 0 heterocycles. The fourth-order valence-electron chi connectivity index (χ4n) is 2.16. The predicted octanol–water partition coefficient (Wildman–Crippen LogP) is 5.22. The van der Waals surface area contributed by atoms with Crippen molar-refractivity contribution in [2.45, 2.75) is 45.6 Å². The van der Waals surface area contributed by atoms with E-state index in [1.54, 1.807) is 0 Å². The summed E-state index contributed by atoms with van der Waals surface area (Å²) in [4.78, 5) is 0. The molecule has 2 aromatic carbocycles. The number of aliphatic hydroxyl groups excluding tert-OH is 1. The number of hydrogen-bond donors (Lipinski definition) is 1. The van der Waals surface area contributed by atoms with E-state index in [2.05, 4.69) is 32.9 Å². The first-order valence-electron chi connectivity index (χ1n) is 7.46. The molecular weight excluding hydrogens is 260 g/mol. The van der Waals surface area contributed by atoms with Gasteiger partial charge in [0.1, 0.15) is 11.5 Å². The Labute approximate surface area is 127 Å². The molecule has 0 saturated carbocycles. The Balaban J connectivity index is 2.15. The average Bonchev–Trinajstić information content (AvgIpc) is 2.47. The molecule has 0 radical (unpaired) electrons. The van der Waals surface area contributed by atoms with Gasteiger partial charge in [-0.05, 0) is 47.2 Å². The maximum atomic E-state index is 9.79. The van der Waals surface area contributed by atoms with Crippen LogP contribution in [-0.4, -0.2) is 5.11 Å². The summed E-state index contributed by atoms with van der Waals surface area (Å²) in [7, 11) is 0. The van der Waals surface area contributed by atoms with Gasteiger partial charge in [0.05, 0.1) is 6.10 Å². The van der Waals surface area contributed by atoms with E-state index in [1.165, 1.54) is 5.56 Å². The third kappa shape index (κ3) is 4.08. The Morgan fingerprint density at radius 1 is 1.00 bits per heavy atom. The van der Waals surface area contributed by atoms with Crippen LogP contribution in [0.5, 0.6) is 11.5 Å². The first-order valence-corrected chi connectivity index (χ1v) is 7.46. The zero-order valence-electron chi connectivity index (χ0n) is 13.3. The lowest BCUT2D eigenvalue weighted by atomic mass is 9.87. The molecule has 1 atom stereocenters. The molecule has 0 aromatic heterocycles. The van der Waals surface area contributed by atoms with Crippen molar-refractivity contribution in [3.8, 4) is 11.5 Å². The van der Waals surface area contributed by atoms with E-state index in [-0.39, 0.29) is 5.41 Å². The lowest BCUT2D eigenvalue weighted by Crippen LogP contribution is -2.10. The van der Waals surface area contributed by atoms with Crippen LogP contribution in [0.4, 0.5) is 0 Å². The molecule has 0 fully saturated rings.